The third-order valence-electron chi connectivity index (χ3n) is 4.67. The average Bonchev–Trinajstić information content (AvgIpc) is 2.54. The summed E-state index contributed by atoms with van der Waals surface area (Å²) in [6.07, 6.45) is -0.815. The van der Waals surface area contributed by atoms with Crippen LogP contribution in [-0.2, 0) is 0 Å². The van der Waals surface area contributed by atoms with Gasteiger partial charge >= 0.3 is 0 Å². The first-order valence-corrected chi connectivity index (χ1v) is 5.82. The van der Waals surface area contributed by atoms with Crippen molar-refractivity contribution in [1.82, 2.24) is 0 Å². The number of benzene rings is 1. The number of rotatable bonds is 2. The maximum atomic E-state index is 13.1. The van der Waals surface area contributed by atoms with E-state index >= 15 is 0 Å². The molecular weight excluding hydrogens is 222 g/mol. The maximum Gasteiger partial charge on any atom is 0.126 e. The minimum atomic E-state index is -0.815. The van der Waals surface area contributed by atoms with Crippen LogP contribution in [0.3, 0.4) is 0 Å². The van der Waals surface area contributed by atoms with E-state index in [1.807, 2.05) is 0 Å². The van der Waals surface area contributed by atoms with Crippen molar-refractivity contribution in [3.05, 3.63) is 35.4 Å². The van der Waals surface area contributed by atoms with Gasteiger partial charge in [0.25, 0.3) is 0 Å². The lowest BCUT2D eigenvalue weighted by molar-refractivity contribution is 0.130. The molecule has 17 heavy (non-hydrogen) atoms. The van der Waals surface area contributed by atoms with Crippen molar-refractivity contribution in [2.24, 2.45) is 16.7 Å². The minimum Gasteiger partial charge on any atom is -0.388 e. The van der Waals surface area contributed by atoms with Gasteiger partial charge < -0.3 is 5.11 Å². The van der Waals surface area contributed by atoms with Crippen LogP contribution in [0.4, 0.5) is 8.78 Å². The summed E-state index contributed by atoms with van der Waals surface area (Å²) in [4.78, 5) is 0. The molecule has 0 saturated heterocycles. The second kappa shape index (κ2) is 3.52. The molecule has 1 saturated carbocycles. The molecule has 94 valence electrons. The van der Waals surface area contributed by atoms with Crippen molar-refractivity contribution in [1.29, 1.82) is 0 Å². The van der Waals surface area contributed by atoms with Crippen molar-refractivity contribution in [2.45, 2.75) is 33.8 Å². The van der Waals surface area contributed by atoms with Gasteiger partial charge in [0.05, 0.1) is 6.10 Å². The van der Waals surface area contributed by atoms with E-state index in [2.05, 4.69) is 27.7 Å². The van der Waals surface area contributed by atoms with Crippen LogP contribution in [0.15, 0.2) is 18.2 Å². The molecule has 0 heterocycles. The SMILES string of the molecule is CC1(C)C(C(O)c2cc(F)cc(F)c2)C1(C)C. The van der Waals surface area contributed by atoms with Crippen LogP contribution in [0.2, 0.25) is 0 Å². The fourth-order valence-electron chi connectivity index (χ4n) is 2.98. The van der Waals surface area contributed by atoms with E-state index in [1.54, 1.807) is 0 Å². The Labute approximate surface area is 100 Å². The molecule has 1 nitrogen and oxygen atoms in total. The molecule has 1 aromatic rings. The van der Waals surface area contributed by atoms with E-state index in [4.69, 9.17) is 0 Å². The second-order valence-corrected chi connectivity index (χ2v) is 6.07. The smallest absolute Gasteiger partial charge is 0.126 e. The van der Waals surface area contributed by atoms with E-state index in [-0.39, 0.29) is 16.7 Å². The van der Waals surface area contributed by atoms with Crippen LogP contribution < -0.4 is 0 Å². The summed E-state index contributed by atoms with van der Waals surface area (Å²) in [6.45, 7) is 8.26. The number of halogens is 2. The average molecular weight is 240 g/mol. The molecule has 0 spiro atoms. The predicted molar refractivity (Wildman–Crippen MR) is 62.4 cm³/mol. The van der Waals surface area contributed by atoms with E-state index in [0.29, 0.717) is 5.56 Å². The van der Waals surface area contributed by atoms with Gasteiger partial charge in [0, 0.05) is 12.0 Å². The molecule has 1 atom stereocenters. The van der Waals surface area contributed by atoms with E-state index in [9.17, 15) is 13.9 Å². The van der Waals surface area contributed by atoms with Crippen molar-refractivity contribution >= 4 is 0 Å². The third kappa shape index (κ3) is 1.77. The predicted octanol–water partition coefficient (Wildman–Crippen LogP) is 3.68. The Kier molecular flexibility index (Phi) is 2.58. The van der Waals surface area contributed by atoms with Crippen LogP contribution >= 0.6 is 0 Å². The molecule has 2 rings (SSSR count). The Hall–Kier alpha value is -0.960. The zero-order chi connectivity index (χ0) is 13.0. The Bertz CT molecular complexity index is 417. The summed E-state index contributed by atoms with van der Waals surface area (Å²) in [7, 11) is 0. The van der Waals surface area contributed by atoms with Gasteiger partial charge in [-0.2, -0.15) is 0 Å². The van der Waals surface area contributed by atoms with Crippen LogP contribution in [0.5, 0.6) is 0 Å². The number of aliphatic hydroxyl groups excluding tert-OH is 1. The number of hydrogen-bond donors (Lipinski definition) is 1. The molecule has 0 aliphatic heterocycles. The van der Waals surface area contributed by atoms with Gasteiger partial charge in [-0.3, -0.25) is 0 Å². The second-order valence-electron chi connectivity index (χ2n) is 6.07. The monoisotopic (exact) mass is 240 g/mol. The van der Waals surface area contributed by atoms with Crippen molar-refractivity contribution < 1.29 is 13.9 Å². The van der Waals surface area contributed by atoms with Gasteiger partial charge in [0.2, 0.25) is 0 Å². The molecule has 1 aliphatic carbocycles. The summed E-state index contributed by atoms with van der Waals surface area (Å²) < 4.78 is 26.2. The molecule has 1 aliphatic rings. The quantitative estimate of drug-likeness (QED) is 0.836. The van der Waals surface area contributed by atoms with Gasteiger partial charge in [0.15, 0.2) is 0 Å². The maximum absolute atomic E-state index is 13.1. The highest BCUT2D eigenvalue weighted by Gasteiger charge is 2.67. The minimum absolute atomic E-state index is 0.0186. The summed E-state index contributed by atoms with van der Waals surface area (Å²) in [5.41, 5.74) is 0.288. The molecule has 0 amide bonds. The Morgan fingerprint density at radius 2 is 1.41 bits per heavy atom. The Balaban J connectivity index is 2.31. The zero-order valence-electron chi connectivity index (χ0n) is 10.6. The van der Waals surface area contributed by atoms with E-state index in [0.717, 1.165) is 6.07 Å². The highest BCUT2D eigenvalue weighted by Crippen LogP contribution is 2.72. The number of aliphatic hydroxyl groups is 1. The topological polar surface area (TPSA) is 20.2 Å². The van der Waals surface area contributed by atoms with E-state index in [1.165, 1.54) is 12.1 Å². The molecule has 1 fully saturated rings. The summed E-state index contributed by atoms with van der Waals surface area (Å²) in [5.74, 6) is -1.26. The highest BCUT2D eigenvalue weighted by molar-refractivity contribution is 5.26. The lowest BCUT2D eigenvalue weighted by Crippen LogP contribution is -2.06. The Morgan fingerprint density at radius 3 is 1.76 bits per heavy atom. The first-order chi connectivity index (χ1) is 7.68. The lowest BCUT2D eigenvalue weighted by atomic mass is 9.99. The lowest BCUT2D eigenvalue weighted by Gasteiger charge is -2.13. The summed E-state index contributed by atoms with van der Waals surface area (Å²) in [5, 5.41) is 10.2. The van der Waals surface area contributed by atoms with Gasteiger partial charge in [0.1, 0.15) is 11.6 Å². The van der Waals surface area contributed by atoms with Crippen LogP contribution in [-0.4, -0.2) is 5.11 Å². The summed E-state index contributed by atoms with van der Waals surface area (Å²) >= 11 is 0. The van der Waals surface area contributed by atoms with Gasteiger partial charge in [-0.15, -0.1) is 0 Å². The highest BCUT2D eigenvalue weighted by atomic mass is 19.1. The molecule has 0 aromatic heterocycles. The molecule has 0 bridgehead atoms. The fourth-order valence-corrected chi connectivity index (χ4v) is 2.98. The fraction of sp³-hybridized carbons (Fsp3) is 0.571. The third-order valence-corrected chi connectivity index (χ3v) is 4.67. The van der Waals surface area contributed by atoms with Gasteiger partial charge in [-0.1, -0.05) is 27.7 Å². The molecule has 0 radical (unpaired) electrons. The summed E-state index contributed by atoms with van der Waals surface area (Å²) in [6, 6.07) is 3.23. The van der Waals surface area contributed by atoms with Crippen molar-refractivity contribution in [3.63, 3.8) is 0 Å². The molecule has 3 heteroatoms. The molecule has 1 unspecified atom stereocenters. The van der Waals surface area contributed by atoms with Crippen LogP contribution in [0, 0.1) is 28.4 Å². The first-order valence-electron chi connectivity index (χ1n) is 5.82. The van der Waals surface area contributed by atoms with Gasteiger partial charge in [-0.25, -0.2) is 8.78 Å². The van der Waals surface area contributed by atoms with Crippen molar-refractivity contribution in [2.75, 3.05) is 0 Å². The molecule has 1 N–H and O–H groups in total. The van der Waals surface area contributed by atoms with Crippen LogP contribution in [0.1, 0.15) is 39.4 Å². The largest absolute Gasteiger partial charge is 0.388 e. The van der Waals surface area contributed by atoms with Crippen molar-refractivity contribution in [3.8, 4) is 0 Å². The van der Waals surface area contributed by atoms with Crippen LogP contribution in [0.25, 0.3) is 0 Å². The zero-order valence-corrected chi connectivity index (χ0v) is 10.6. The normalized spacial score (nSPS) is 23.5. The molecular formula is C14H18F2O. The number of hydrogen-bond acceptors (Lipinski definition) is 1. The standard InChI is InChI=1S/C14H18F2O/c1-13(2)12(14(13,3)4)11(17)8-5-9(15)7-10(16)6-8/h5-7,11-12,17H,1-4H3. The molecule has 1 aromatic carbocycles. The Morgan fingerprint density at radius 1 is 1.00 bits per heavy atom. The first kappa shape index (κ1) is 12.5. The van der Waals surface area contributed by atoms with E-state index < -0.39 is 17.7 Å². The van der Waals surface area contributed by atoms with Gasteiger partial charge in [-0.05, 0) is 28.5 Å².